The summed E-state index contributed by atoms with van der Waals surface area (Å²) in [5, 5.41) is 7.06. The van der Waals surface area contributed by atoms with Crippen LogP contribution in [0.2, 0.25) is 0 Å². The molecule has 2 N–H and O–H groups in total. The van der Waals surface area contributed by atoms with E-state index in [-0.39, 0.29) is 6.04 Å². The molecule has 0 fully saturated rings. The fourth-order valence-electron chi connectivity index (χ4n) is 2.46. The summed E-state index contributed by atoms with van der Waals surface area (Å²) in [6, 6.07) is 15.9. The average Bonchev–Trinajstić information content (AvgIpc) is 2.62. The second-order valence-electron chi connectivity index (χ2n) is 5.82. The van der Waals surface area contributed by atoms with E-state index in [0.29, 0.717) is 11.7 Å². The van der Waals surface area contributed by atoms with Crippen LogP contribution in [-0.4, -0.2) is 44.9 Å². The van der Waals surface area contributed by atoms with E-state index in [2.05, 4.69) is 41.8 Å². The van der Waals surface area contributed by atoms with Crippen LogP contribution in [0.4, 0.5) is 5.69 Å². The maximum absolute atomic E-state index is 5.40. The fraction of sp³-hybridized carbons (Fsp3) is 0.316. The van der Waals surface area contributed by atoms with E-state index in [4.69, 9.17) is 21.7 Å². The van der Waals surface area contributed by atoms with E-state index in [9.17, 15) is 0 Å². The van der Waals surface area contributed by atoms with Gasteiger partial charge in [-0.25, -0.2) is 0 Å². The Morgan fingerprint density at radius 2 is 1.48 bits per heavy atom. The monoisotopic (exact) mass is 359 g/mol. The molecule has 1 atom stereocenters. The van der Waals surface area contributed by atoms with Gasteiger partial charge in [0.05, 0.1) is 20.3 Å². The van der Waals surface area contributed by atoms with Crippen LogP contribution in [0.25, 0.3) is 0 Å². The lowest BCUT2D eigenvalue weighted by atomic mass is 10.1. The van der Waals surface area contributed by atoms with Gasteiger partial charge in [-0.3, -0.25) is 0 Å². The molecule has 0 bridgehead atoms. The Kier molecular flexibility index (Phi) is 7.03. The van der Waals surface area contributed by atoms with Gasteiger partial charge in [-0.2, -0.15) is 0 Å². The predicted octanol–water partition coefficient (Wildman–Crippen LogP) is 3.29. The molecule has 2 aromatic carbocycles. The average molecular weight is 359 g/mol. The summed E-state index contributed by atoms with van der Waals surface area (Å²) in [5.41, 5.74) is 2.12. The number of benzene rings is 2. The van der Waals surface area contributed by atoms with Crippen molar-refractivity contribution < 1.29 is 9.47 Å². The normalized spacial score (nSPS) is 11.7. The summed E-state index contributed by atoms with van der Waals surface area (Å²) < 4.78 is 10.4. The summed E-state index contributed by atoms with van der Waals surface area (Å²) in [6.07, 6.45) is 0. The van der Waals surface area contributed by atoms with Crippen molar-refractivity contribution in [3.63, 3.8) is 0 Å². The molecule has 0 spiro atoms. The van der Waals surface area contributed by atoms with Crippen LogP contribution < -0.4 is 20.1 Å². The SMILES string of the molecule is COc1ccc(NC(=S)NC[C@@H](c2ccc(OC)cc2)N(C)C)cc1. The van der Waals surface area contributed by atoms with Crippen molar-refractivity contribution in [2.24, 2.45) is 0 Å². The first-order chi connectivity index (χ1) is 12.0. The summed E-state index contributed by atoms with van der Waals surface area (Å²) in [5.74, 6) is 1.67. The first-order valence-electron chi connectivity index (χ1n) is 8.02. The third-order valence-corrected chi connectivity index (χ3v) is 4.17. The van der Waals surface area contributed by atoms with Gasteiger partial charge in [0, 0.05) is 12.2 Å². The van der Waals surface area contributed by atoms with E-state index in [0.717, 1.165) is 17.2 Å². The molecular weight excluding hydrogens is 334 g/mol. The molecule has 0 aliphatic rings. The molecular formula is C19H25N3O2S. The number of anilines is 1. The Bertz CT molecular complexity index is 672. The maximum atomic E-state index is 5.40. The quantitative estimate of drug-likeness (QED) is 0.740. The molecule has 2 aromatic rings. The third kappa shape index (κ3) is 5.62. The van der Waals surface area contributed by atoms with Gasteiger partial charge >= 0.3 is 0 Å². The molecule has 134 valence electrons. The van der Waals surface area contributed by atoms with Gasteiger partial charge in [0.25, 0.3) is 0 Å². The van der Waals surface area contributed by atoms with Gasteiger partial charge < -0.3 is 25.0 Å². The van der Waals surface area contributed by atoms with Crippen LogP contribution in [-0.2, 0) is 0 Å². The zero-order chi connectivity index (χ0) is 18.2. The van der Waals surface area contributed by atoms with Crippen LogP contribution in [0.3, 0.4) is 0 Å². The zero-order valence-corrected chi connectivity index (χ0v) is 15.9. The second-order valence-corrected chi connectivity index (χ2v) is 6.22. The van der Waals surface area contributed by atoms with Crippen molar-refractivity contribution in [2.75, 3.05) is 40.2 Å². The highest BCUT2D eigenvalue weighted by Crippen LogP contribution is 2.21. The Labute approximate surface area is 154 Å². The number of ether oxygens (including phenoxy) is 2. The maximum Gasteiger partial charge on any atom is 0.170 e. The van der Waals surface area contributed by atoms with Crippen molar-refractivity contribution in [1.29, 1.82) is 0 Å². The Hall–Kier alpha value is -2.31. The van der Waals surface area contributed by atoms with Crippen LogP contribution in [0, 0.1) is 0 Å². The number of hydrogen-bond acceptors (Lipinski definition) is 4. The first-order valence-corrected chi connectivity index (χ1v) is 8.43. The highest BCUT2D eigenvalue weighted by molar-refractivity contribution is 7.80. The molecule has 0 aliphatic heterocycles. The molecule has 0 saturated carbocycles. The van der Waals surface area contributed by atoms with Crippen LogP contribution in [0.5, 0.6) is 11.5 Å². The number of thiocarbonyl (C=S) groups is 1. The smallest absolute Gasteiger partial charge is 0.170 e. The number of methoxy groups -OCH3 is 2. The van der Waals surface area contributed by atoms with Gasteiger partial charge in [-0.15, -0.1) is 0 Å². The minimum absolute atomic E-state index is 0.196. The van der Waals surface area contributed by atoms with Crippen LogP contribution >= 0.6 is 12.2 Å². The second kappa shape index (κ2) is 9.25. The van der Waals surface area contributed by atoms with E-state index in [1.165, 1.54) is 5.56 Å². The molecule has 25 heavy (non-hydrogen) atoms. The van der Waals surface area contributed by atoms with E-state index in [1.807, 2.05) is 36.4 Å². The summed E-state index contributed by atoms with van der Waals surface area (Å²) >= 11 is 5.40. The molecule has 0 unspecified atom stereocenters. The number of likely N-dealkylation sites (N-methyl/N-ethyl adjacent to an activating group) is 1. The van der Waals surface area contributed by atoms with Crippen molar-refractivity contribution >= 4 is 23.0 Å². The Morgan fingerprint density at radius 3 is 1.96 bits per heavy atom. The van der Waals surface area contributed by atoms with E-state index < -0.39 is 0 Å². The van der Waals surface area contributed by atoms with Crippen molar-refractivity contribution in [2.45, 2.75) is 6.04 Å². The number of rotatable bonds is 7. The molecule has 6 heteroatoms. The van der Waals surface area contributed by atoms with Crippen LogP contribution in [0.15, 0.2) is 48.5 Å². The summed E-state index contributed by atoms with van der Waals surface area (Å²) in [7, 11) is 7.42. The zero-order valence-electron chi connectivity index (χ0n) is 15.1. The van der Waals surface area contributed by atoms with Gasteiger partial charge in [0.1, 0.15) is 11.5 Å². The molecule has 0 amide bonds. The highest BCUT2D eigenvalue weighted by Gasteiger charge is 2.14. The predicted molar refractivity (Wildman–Crippen MR) is 107 cm³/mol. The number of nitrogens with one attached hydrogen (secondary N) is 2. The number of nitrogens with zero attached hydrogens (tertiary/aromatic N) is 1. The topological polar surface area (TPSA) is 45.8 Å². The lowest BCUT2D eigenvalue weighted by Crippen LogP contribution is -2.36. The lowest BCUT2D eigenvalue weighted by molar-refractivity contribution is 0.299. The third-order valence-electron chi connectivity index (χ3n) is 3.93. The molecule has 5 nitrogen and oxygen atoms in total. The molecule has 0 aromatic heterocycles. The number of hydrogen-bond donors (Lipinski definition) is 2. The van der Waals surface area contributed by atoms with Gasteiger partial charge in [0.2, 0.25) is 0 Å². The van der Waals surface area contributed by atoms with E-state index in [1.54, 1.807) is 14.2 Å². The fourth-order valence-corrected chi connectivity index (χ4v) is 2.66. The standard InChI is InChI=1S/C19H25N3O2S/c1-22(2)18(14-5-9-16(23-3)10-6-14)13-20-19(25)21-15-7-11-17(24-4)12-8-15/h5-12,18H,13H2,1-4H3,(H2,20,21,25)/t18-/m0/s1. The van der Waals surface area contributed by atoms with Gasteiger partial charge in [-0.1, -0.05) is 12.1 Å². The van der Waals surface area contributed by atoms with Crippen molar-refractivity contribution in [3.05, 3.63) is 54.1 Å². The molecule has 0 aliphatic carbocycles. The summed E-state index contributed by atoms with van der Waals surface area (Å²) in [4.78, 5) is 2.16. The first kappa shape index (κ1) is 19.0. The minimum Gasteiger partial charge on any atom is -0.497 e. The highest BCUT2D eigenvalue weighted by atomic mass is 32.1. The summed E-state index contributed by atoms with van der Waals surface area (Å²) in [6.45, 7) is 0.696. The largest absolute Gasteiger partial charge is 0.497 e. The minimum atomic E-state index is 0.196. The van der Waals surface area contributed by atoms with Gasteiger partial charge in [-0.05, 0) is 68.3 Å². The lowest BCUT2D eigenvalue weighted by Gasteiger charge is -2.26. The molecule has 0 heterocycles. The van der Waals surface area contributed by atoms with Crippen molar-refractivity contribution in [3.8, 4) is 11.5 Å². The van der Waals surface area contributed by atoms with Crippen LogP contribution in [0.1, 0.15) is 11.6 Å². The molecule has 0 saturated heterocycles. The molecule has 0 radical (unpaired) electrons. The van der Waals surface area contributed by atoms with Crippen molar-refractivity contribution in [1.82, 2.24) is 10.2 Å². The van der Waals surface area contributed by atoms with Gasteiger partial charge in [0.15, 0.2) is 5.11 Å². The molecule has 2 rings (SSSR count). The Balaban J connectivity index is 1.93. The Morgan fingerprint density at radius 1 is 0.960 bits per heavy atom. The van der Waals surface area contributed by atoms with E-state index >= 15 is 0 Å².